The predicted molar refractivity (Wildman–Crippen MR) is 124 cm³/mol. The van der Waals surface area contributed by atoms with Gasteiger partial charge < -0.3 is 25.3 Å². The van der Waals surface area contributed by atoms with E-state index in [1.54, 1.807) is 19.1 Å². The predicted octanol–water partition coefficient (Wildman–Crippen LogP) is 3.34. The van der Waals surface area contributed by atoms with Crippen molar-refractivity contribution in [2.24, 2.45) is 11.7 Å². The van der Waals surface area contributed by atoms with Crippen LogP contribution in [0.5, 0.6) is 11.5 Å². The summed E-state index contributed by atoms with van der Waals surface area (Å²) in [5.41, 5.74) is 6.82. The number of aryl methyl sites for hydroxylation is 1. The van der Waals surface area contributed by atoms with Gasteiger partial charge in [0.05, 0.1) is 12.5 Å². The van der Waals surface area contributed by atoms with Gasteiger partial charge in [-0.1, -0.05) is 12.1 Å². The Hall–Kier alpha value is -3.59. The highest BCUT2D eigenvalue weighted by atomic mass is 19.1. The van der Waals surface area contributed by atoms with Gasteiger partial charge in [0.15, 0.2) is 11.3 Å². The number of phenols is 1. The summed E-state index contributed by atoms with van der Waals surface area (Å²) in [7, 11) is 1.42. The standard InChI is InChI=1S/C25H28FN3O5/c1-14-20-19(33-2)11-18(30)21(24(27)31)23(20)34-22(14)25(32)28-12-15-7-9-29(10-8-15)13-16-3-5-17(26)6-4-16/h3-6,11,15,30H,7-10,12-13H2,1-2H3,(H2,27,31)(H,28,32). The molecule has 9 heteroatoms. The average molecular weight is 470 g/mol. The van der Waals surface area contributed by atoms with Crippen LogP contribution >= 0.6 is 0 Å². The van der Waals surface area contributed by atoms with Gasteiger partial charge in [0, 0.05) is 24.7 Å². The summed E-state index contributed by atoms with van der Waals surface area (Å²) in [5.74, 6) is -1.22. The topological polar surface area (TPSA) is 118 Å². The van der Waals surface area contributed by atoms with Crippen molar-refractivity contribution >= 4 is 22.8 Å². The van der Waals surface area contributed by atoms with Crippen LogP contribution in [0.1, 0.15) is 44.9 Å². The molecule has 4 N–H and O–H groups in total. The average Bonchev–Trinajstić information content (AvgIpc) is 3.16. The van der Waals surface area contributed by atoms with Crippen molar-refractivity contribution in [2.75, 3.05) is 26.7 Å². The first-order chi connectivity index (χ1) is 16.3. The summed E-state index contributed by atoms with van der Waals surface area (Å²) >= 11 is 0. The molecule has 0 unspecified atom stereocenters. The van der Waals surface area contributed by atoms with Crippen LogP contribution in [0.4, 0.5) is 4.39 Å². The van der Waals surface area contributed by atoms with Gasteiger partial charge in [0.2, 0.25) is 0 Å². The van der Waals surface area contributed by atoms with Crippen molar-refractivity contribution in [1.82, 2.24) is 10.2 Å². The number of piperidine rings is 1. The van der Waals surface area contributed by atoms with E-state index in [1.165, 1.54) is 25.3 Å². The van der Waals surface area contributed by atoms with Crippen LogP contribution in [-0.2, 0) is 6.54 Å². The number of amides is 2. The number of nitrogens with one attached hydrogen (secondary N) is 1. The number of methoxy groups -OCH3 is 1. The molecule has 1 aromatic heterocycles. The number of hydrogen-bond donors (Lipinski definition) is 3. The zero-order valence-electron chi connectivity index (χ0n) is 19.2. The molecule has 3 aromatic rings. The molecule has 1 fully saturated rings. The van der Waals surface area contributed by atoms with Crippen LogP contribution in [0.25, 0.3) is 11.0 Å². The van der Waals surface area contributed by atoms with E-state index in [0.717, 1.165) is 38.0 Å². The molecule has 0 aliphatic carbocycles. The maximum absolute atomic E-state index is 13.1. The third-order valence-corrected chi connectivity index (χ3v) is 6.39. The van der Waals surface area contributed by atoms with Gasteiger partial charge in [-0.25, -0.2) is 4.39 Å². The molecule has 0 spiro atoms. The summed E-state index contributed by atoms with van der Waals surface area (Å²) in [6.07, 6.45) is 1.85. The molecule has 34 heavy (non-hydrogen) atoms. The Morgan fingerprint density at radius 2 is 1.94 bits per heavy atom. The number of furan rings is 1. The summed E-state index contributed by atoms with van der Waals surface area (Å²) in [5, 5.41) is 13.5. The molecule has 1 saturated heterocycles. The number of fused-ring (bicyclic) bond motifs is 1. The maximum Gasteiger partial charge on any atom is 0.287 e. The lowest BCUT2D eigenvalue weighted by Crippen LogP contribution is -2.38. The van der Waals surface area contributed by atoms with Crippen molar-refractivity contribution in [3.63, 3.8) is 0 Å². The molecular formula is C25H28FN3O5. The van der Waals surface area contributed by atoms with E-state index in [9.17, 15) is 19.1 Å². The molecule has 2 amide bonds. The molecule has 180 valence electrons. The number of aromatic hydroxyl groups is 1. The Balaban J connectivity index is 1.40. The molecule has 0 saturated carbocycles. The zero-order chi connectivity index (χ0) is 24.4. The Bertz CT molecular complexity index is 1210. The minimum absolute atomic E-state index is 0.0288. The van der Waals surface area contributed by atoms with Gasteiger partial charge in [-0.3, -0.25) is 14.5 Å². The molecule has 8 nitrogen and oxygen atoms in total. The normalized spacial score (nSPS) is 14.9. The third kappa shape index (κ3) is 4.70. The lowest BCUT2D eigenvalue weighted by Gasteiger charge is -2.32. The summed E-state index contributed by atoms with van der Waals surface area (Å²) in [6.45, 7) is 4.73. The Morgan fingerprint density at radius 1 is 1.26 bits per heavy atom. The van der Waals surface area contributed by atoms with Crippen LogP contribution in [0.15, 0.2) is 34.7 Å². The molecule has 0 bridgehead atoms. The molecule has 4 rings (SSSR count). The van der Waals surface area contributed by atoms with E-state index in [1.807, 2.05) is 0 Å². The van der Waals surface area contributed by atoms with Crippen LogP contribution in [0, 0.1) is 18.7 Å². The molecule has 2 heterocycles. The highest BCUT2D eigenvalue weighted by Gasteiger charge is 2.27. The molecular weight excluding hydrogens is 441 g/mol. The fourth-order valence-corrected chi connectivity index (χ4v) is 4.50. The summed E-state index contributed by atoms with van der Waals surface area (Å²) in [6, 6.07) is 7.83. The Labute approximate surface area is 196 Å². The second-order valence-electron chi connectivity index (χ2n) is 8.65. The number of carbonyl (C=O) groups excluding carboxylic acids is 2. The van der Waals surface area contributed by atoms with E-state index >= 15 is 0 Å². The number of benzene rings is 2. The van der Waals surface area contributed by atoms with Crippen LogP contribution in [-0.4, -0.2) is 48.6 Å². The fourth-order valence-electron chi connectivity index (χ4n) is 4.50. The highest BCUT2D eigenvalue weighted by Crippen LogP contribution is 2.40. The monoisotopic (exact) mass is 469 g/mol. The molecule has 0 radical (unpaired) electrons. The van der Waals surface area contributed by atoms with Crippen molar-refractivity contribution in [1.29, 1.82) is 0 Å². The first kappa shape index (κ1) is 23.6. The van der Waals surface area contributed by atoms with Crippen molar-refractivity contribution in [3.05, 3.63) is 58.6 Å². The van der Waals surface area contributed by atoms with E-state index in [0.29, 0.717) is 23.4 Å². The highest BCUT2D eigenvalue weighted by molar-refractivity contribution is 6.11. The molecule has 0 atom stereocenters. The van der Waals surface area contributed by atoms with Gasteiger partial charge >= 0.3 is 0 Å². The van der Waals surface area contributed by atoms with Gasteiger partial charge in [-0.05, 0) is 56.5 Å². The lowest BCUT2D eigenvalue weighted by molar-refractivity contribution is 0.0906. The van der Waals surface area contributed by atoms with E-state index in [2.05, 4.69) is 10.2 Å². The number of hydrogen-bond acceptors (Lipinski definition) is 6. The lowest BCUT2D eigenvalue weighted by atomic mass is 9.96. The minimum atomic E-state index is -0.863. The number of rotatable bonds is 7. The van der Waals surface area contributed by atoms with Crippen molar-refractivity contribution < 1.29 is 28.2 Å². The van der Waals surface area contributed by atoms with Crippen molar-refractivity contribution in [2.45, 2.75) is 26.3 Å². The second kappa shape index (κ2) is 9.72. The number of carbonyl (C=O) groups is 2. The third-order valence-electron chi connectivity index (χ3n) is 6.39. The molecule has 2 aromatic carbocycles. The van der Waals surface area contributed by atoms with Crippen molar-refractivity contribution in [3.8, 4) is 11.5 Å². The van der Waals surface area contributed by atoms with Gasteiger partial charge in [0.1, 0.15) is 22.9 Å². The van der Waals surface area contributed by atoms with Crippen LogP contribution < -0.4 is 15.8 Å². The minimum Gasteiger partial charge on any atom is -0.507 e. The van der Waals surface area contributed by atoms with Gasteiger partial charge in [-0.2, -0.15) is 0 Å². The van der Waals surface area contributed by atoms with E-state index in [4.69, 9.17) is 14.9 Å². The van der Waals surface area contributed by atoms with Gasteiger partial charge in [-0.15, -0.1) is 0 Å². The first-order valence-corrected chi connectivity index (χ1v) is 11.2. The van der Waals surface area contributed by atoms with Crippen LogP contribution in [0.2, 0.25) is 0 Å². The number of primary amides is 1. The largest absolute Gasteiger partial charge is 0.507 e. The second-order valence-corrected chi connectivity index (χ2v) is 8.65. The quantitative estimate of drug-likeness (QED) is 0.489. The molecule has 1 aliphatic rings. The Morgan fingerprint density at radius 3 is 2.56 bits per heavy atom. The number of likely N-dealkylation sites (tertiary alicyclic amines) is 1. The van der Waals surface area contributed by atoms with Gasteiger partial charge in [0.25, 0.3) is 11.8 Å². The summed E-state index contributed by atoms with van der Waals surface area (Å²) in [4.78, 5) is 27.1. The number of halogens is 1. The SMILES string of the molecule is COc1cc(O)c(C(N)=O)c2oc(C(=O)NCC3CCN(Cc4ccc(F)cc4)CC3)c(C)c12. The van der Waals surface area contributed by atoms with Crippen LogP contribution in [0.3, 0.4) is 0 Å². The first-order valence-electron chi connectivity index (χ1n) is 11.2. The smallest absolute Gasteiger partial charge is 0.287 e. The summed E-state index contributed by atoms with van der Waals surface area (Å²) < 4.78 is 24.1. The van der Waals surface area contributed by atoms with E-state index < -0.39 is 11.8 Å². The number of nitrogens with zero attached hydrogens (tertiary/aromatic N) is 1. The Kier molecular flexibility index (Phi) is 6.74. The number of ether oxygens (including phenoxy) is 1. The van der Waals surface area contributed by atoms with E-state index in [-0.39, 0.29) is 34.2 Å². The number of nitrogens with two attached hydrogens (primary N) is 1. The zero-order valence-corrected chi connectivity index (χ0v) is 19.2. The molecule has 1 aliphatic heterocycles. The fraction of sp³-hybridized carbons (Fsp3) is 0.360. The maximum atomic E-state index is 13.1.